The Hall–Kier alpha value is -2.53. The average Bonchev–Trinajstić information content (AvgIpc) is 2.72. The minimum atomic E-state index is -4.71. The summed E-state index contributed by atoms with van der Waals surface area (Å²) in [7, 11) is -3.01. The number of benzene rings is 1. The van der Waals surface area contributed by atoms with Gasteiger partial charge < -0.3 is 4.74 Å². The first-order valence-electron chi connectivity index (χ1n) is 8.81. The van der Waals surface area contributed by atoms with E-state index in [4.69, 9.17) is 4.74 Å². The number of ether oxygens (including phenoxy) is 1. The van der Waals surface area contributed by atoms with Gasteiger partial charge in [0.2, 0.25) is 0 Å². The van der Waals surface area contributed by atoms with Crippen LogP contribution in [0.1, 0.15) is 34.0 Å². The molecule has 1 aliphatic carbocycles. The highest BCUT2D eigenvalue weighted by atomic mass is 79.9. The molecule has 1 aromatic heterocycles. The van der Waals surface area contributed by atoms with Crippen molar-refractivity contribution in [1.29, 1.82) is 0 Å². The quantitative estimate of drug-likeness (QED) is 0.567. The monoisotopic (exact) mass is 517 g/mol. The first-order valence-corrected chi connectivity index (χ1v) is 11.2. The largest absolute Gasteiger partial charge is 0.465 e. The van der Waals surface area contributed by atoms with Crippen LogP contribution in [0.2, 0.25) is 0 Å². The van der Waals surface area contributed by atoms with Gasteiger partial charge in [0.05, 0.1) is 22.8 Å². The summed E-state index contributed by atoms with van der Waals surface area (Å²) in [6.45, 7) is 0. The van der Waals surface area contributed by atoms with E-state index in [1.165, 1.54) is 25.3 Å². The summed E-state index contributed by atoms with van der Waals surface area (Å²) in [5.74, 6) is -1.86. The minimum absolute atomic E-state index is 0.148. The molecule has 0 fully saturated rings. The van der Waals surface area contributed by atoms with Gasteiger partial charge in [0, 0.05) is 23.0 Å². The van der Waals surface area contributed by atoms with Crippen LogP contribution < -0.4 is 0 Å². The number of alkyl halides is 3. The molecule has 1 aliphatic rings. The minimum Gasteiger partial charge on any atom is -0.465 e. The number of methoxy groups -OCH3 is 1. The molecule has 2 atom stereocenters. The molecule has 0 spiro atoms. The SMILES string of the molecule is COC(=O)c1cccc(C2CC(=O)C=CC2S(=O)(=O)c2ccc(C(F)(F)F)nc2)c1Br. The van der Waals surface area contributed by atoms with Gasteiger partial charge in [0.15, 0.2) is 15.6 Å². The molecule has 3 rings (SSSR count). The summed E-state index contributed by atoms with van der Waals surface area (Å²) in [6, 6.07) is 6.00. The fourth-order valence-electron chi connectivity index (χ4n) is 3.32. The first-order chi connectivity index (χ1) is 14.5. The summed E-state index contributed by atoms with van der Waals surface area (Å²) >= 11 is 3.29. The Morgan fingerprint density at radius 1 is 1.23 bits per heavy atom. The highest BCUT2D eigenvalue weighted by molar-refractivity contribution is 9.10. The molecular formula is C20H15BrF3NO5S. The third kappa shape index (κ3) is 4.57. The van der Waals surface area contributed by atoms with Crippen molar-refractivity contribution < 1.29 is 35.9 Å². The molecule has 0 aliphatic heterocycles. The van der Waals surface area contributed by atoms with Gasteiger partial charge in [-0.15, -0.1) is 0 Å². The Morgan fingerprint density at radius 2 is 1.94 bits per heavy atom. The van der Waals surface area contributed by atoms with Crippen LogP contribution in [0.15, 0.2) is 58.0 Å². The number of esters is 1. The Morgan fingerprint density at radius 3 is 2.52 bits per heavy atom. The maximum atomic E-state index is 13.2. The molecule has 0 N–H and O–H groups in total. The van der Waals surface area contributed by atoms with Gasteiger partial charge in [-0.2, -0.15) is 13.2 Å². The molecular weight excluding hydrogens is 503 g/mol. The Labute approximate surface area is 184 Å². The lowest BCUT2D eigenvalue weighted by atomic mass is 9.86. The molecule has 0 radical (unpaired) electrons. The van der Waals surface area contributed by atoms with E-state index in [0.29, 0.717) is 17.8 Å². The van der Waals surface area contributed by atoms with E-state index in [-0.39, 0.29) is 22.2 Å². The molecule has 0 saturated heterocycles. The second-order valence-electron chi connectivity index (χ2n) is 6.72. The average molecular weight is 518 g/mol. The van der Waals surface area contributed by atoms with Crippen LogP contribution in [-0.4, -0.2) is 37.5 Å². The van der Waals surface area contributed by atoms with E-state index in [1.807, 2.05) is 0 Å². The number of sulfone groups is 1. The standard InChI is InChI=1S/C20H15BrF3NO5S/c1-30-19(27)14-4-2-3-13(18(14)21)15-9-11(26)5-7-16(15)31(28,29)12-6-8-17(25-10-12)20(22,23)24/h2-8,10,15-16H,9H2,1H3. The summed E-state index contributed by atoms with van der Waals surface area (Å²) in [6.07, 6.45) is -1.88. The Kier molecular flexibility index (Phi) is 6.38. The van der Waals surface area contributed by atoms with Crippen LogP contribution >= 0.6 is 15.9 Å². The van der Waals surface area contributed by atoms with Gasteiger partial charge in [0.1, 0.15) is 5.69 Å². The van der Waals surface area contributed by atoms with Crippen molar-refractivity contribution in [3.8, 4) is 0 Å². The fourth-order valence-corrected chi connectivity index (χ4v) is 5.77. The zero-order valence-electron chi connectivity index (χ0n) is 15.9. The summed E-state index contributed by atoms with van der Waals surface area (Å²) in [4.78, 5) is 26.9. The third-order valence-corrected chi connectivity index (χ3v) is 7.82. The topological polar surface area (TPSA) is 90.4 Å². The van der Waals surface area contributed by atoms with E-state index in [9.17, 15) is 31.2 Å². The number of rotatable bonds is 4. The van der Waals surface area contributed by atoms with Crippen LogP contribution in [0, 0.1) is 0 Å². The van der Waals surface area contributed by atoms with Crippen molar-refractivity contribution in [2.24, 2.45) is 0 Å². The lowest BCUT2D eigenvalue weighted by Crippen LogP contribution is -2.32. The zero-order valence-corrected chi connectivity index (χ0v) is 18.3. The summed E-state index contributed by atoms with van der Waals surface area (Å²) < 4.78 is 69.8. The van der Waals surface area contributed by atoms with E-state index < -0.39 is 43.7 Å². The molecule has 0 amide bonds. The molecule has 2 aromatic rings. The fraction of sp³-hybridized carbons (Fsp3) is 0.250. The maximum Gasteiger partial charge on any atom is 0.433 e. The van der Waals surface area contributed by atoms with Crippen LogP contribution in [0.4, 0.5) is 13.2 Å². The van der Waals surface area contributed by atoms with Gasteiger partial charge in [-0.25, -0.2) is 13.2 Å². The molecule has 31 heavy (non-hydrogen) atoms. The van der Waals surface area contributed by atoms with Gasteiger partial charge in [0.25, 0.3) is 0 Å². The number of pyridine rings is 1. The van der Waals surface area contributed by atoms with Gasteiger partial charge in [-0.1, -0.05) is 18.2 Å². The Balaban J connectivity index is 2.08. The van der Waals surface area contributed by atoms with Gasteiger partial charge in [-0.3, -0.25) is 9.78 Å². The third-order valence-electron chi connectivity index (χ3n) is 4.84. The van der Waals surface area contributed by atoms with E-state index >= 15 is 0 Å². The summed E-state index contributed by atoms with van der Waals surface area (Å²) in [5.41, 5.74) is -0.686. The van der Waals surface area contributed by atoms with Crippen molar-refractivity contribution in [2.75, 3.05) is 7.11 Å². The lowest BCUT2D eigenvalue weighted by Gasteiger charge is -2.28. The normalized spacial score (nSPS) is 19.3. The number of carbonyl (C=O) groups is 2. The van der Waals surface area contributed by atoms with Crippen LogP contribution in [-0.2, 0) is 25.5 Å². The smallest absolute Gasteiger partial charge is 0.433 e. The zero-order chi connectivity index (χ0) is 23.0. The second kappa shape index (κ2) is 8.54. The number of aromatic nitrogens is 1. The number of hydrogen-bond donors (Lipinski definition) is 0. The van der Waals surface area contributed by atoms with Crippen LogP contribution in [0.3, 0.4) is 0 Å². The molecule has 6 nitrogen and oxygen atoms in total. The van der Waals surface area contributed by atoms with Crippen molar-refractivity contribution >= 4 is 37.5 Å². The second-order valence-corrected chi connectivity index (χ2v) is 9.62. The van der Waals surface area contributed by atoms with Crippen LogP contribution in [0.25, 0.3) is 0 Å². The number of ketones is 1. The molecule has 11 heteroatoms. The number of allylic oxidation sites excluding steroid dienone is 1. The lowest BCUT2D eigenvalue weighted by molar-refractivity contribution is -0.141. The number of carbonyl (C=O) groups excluding carboxylic acids is 2. The molecule has 164 valence electrons. The van der Waals surface area contributed by atoms with Gasteiger partial charge in [-0.05, 0) is 45.8 Å². The van der Waals surface area contributed by atoms with E-state index in [1.54, 1.807) is 6.07 Å². The van der Waals surface area contributed by atoms with Crippen molar-refractivity contribution in [2.45, 2.75) is 28.7 Å². The van der Waals surface area contributed by atoms with Crippen molar-refractivity contribution in [3.05, 3.63) is 70.0 Å². The van der Waals surface area contributed by atoms with Gasteiger partial charge >= 0.3 is 12.1 Å². The molecule has 1 heterocycles. The highest BCUT2D eigenvalue weighted by Gasteiger charge is 2.39. The molecule has 1 aromatic carbocycles. The highest BCUT2D eigenvalue weighted by Crippen LogP contribution is 2.40. The first kappa shape index (κ1) is 23.1. The number of hydrogen-bond acceptors (Lipinski definition) is 6. The number of halogens is 4. The predicted octanol–water partition coefficient (Wildman–Crippen LogP) is 4.10. The summed E-state index contributed by atoms with van der Waals surface area (Å²) in [5, 5.41) is -1.26. The van der Waals surface area contributed by atoms with E-state index in [0.717, 1.165) is 12.1 Å². The molecule has 2 unspecified atom stereocenters. The van der Waals surface area contributed by atoms with Crippen LogP contribution in [0.5, 0.6) is 0 Å². The maximum absolute atomic E-state index is 13.2. The van der Waals surface area contributed by atoms with E-state index in [2.05, 4.69) is 20.9 Å². The molecule has 0 bridgehead atoms. The predicted molar refractivity (Wildman–Crippen MR) is 107 cm³/mol. The van der Waals surface area contributed by atoms with Crippen molar-refractivity contribution in [3.63, 3.8) is 0 Å². The Bertz CT molecular complexity index is 1160. The molecule has 0 saturated carbocycles. The number of nitrogens with zero attached hydrogens (tertiary/aromatic N) is 1. The van der Waals surface area contributed by atoms with Crippen molar-refractivity contribution in [1.82, 2.24) is 4.98 Å².